The number of terminal acetylenes is 1. The monoisotopic (exact) mass is 251 g/mol. The lowest BCUT2D eigenvalue weighted by Gasteiger charge is -2.45. The summed E-state index contributed by atoms with van der Waals surface area (Å²) in [5, 5.41) is 3.48. The molecular formula is C16H29NO. The highest BCUT2D eigenvalue weighted by Gasteiger charge is 2.40. The zero-order valence-electron chi connectivity index (χ0n) is 12.3. The van der Waals surface area contributed by atoms with Crippen molar-refractivity contribution >= 4 is 0 Å². The van der Waals surface area contributed by atoms with E-state index in [0.29, 0.717) is 6.04 Å². The Bertz CT molecular complexity index is 261. The second-order valence-electron chi connectivity index (χ2n) is 5.62. The normalized spacial score (nSPS) is 29.8. The zero-order chi connectivity index (χ0) is 13.4. The molecule has 0 bridgehead atoms. The molecule has 1 unspecified atom stereocenters. The van der Waals surface area contributed by atoms with E-state index in [2.05, 4.69) is 32.1 Å². The Hall–Kier alpha value is -0.520. The van der Waals surface area contributed by atoms with Crippen LogP contribution in [0.2, 0.25) is 0 Å². The van der Waals surface area contributed by atoms with E-state index >= 15 is 0 Å². The lowest BCUT2D eigenvalue weighted by molar-refractivity contribution is -0.0966. The Labute approximate surface area is 113 Å². The van der Waals surface area contributed by atoms with E-state index in [9.17, 15) is 0 Å². The molecule has 18 heavy (non-hydrogen) atoms. The summed E-state index contributed by atoms with van der Waals surface area (Å²) in [5.74, 6) is 3.58. The van der Waals surface area contributed by atoms with Gasteiger partial charge in [0.05, 0.1) is 5.60 Å². The first-order valence-electron chi connectivity index (χ1n) is 7.43. The van der Waals surface area contributed by atoms with Crippen LogP contribution in [-0.4, -0.2) is 25.3 Å². The number of hydrogen-bond donors (Lipinski definition) is 1. The molecule has 104 valence electrons. The summed E-state index contributed by atoms with van der Waals surface area (Å²) in [5.41, 5.74) is 0.0462. The van der Waals surface area contributed by atoms with Crippen molar-refractivity contribution in [1.29, 1.82) is 0 Å². The maximum atomic E-state index is 6.19. The number of hydrogen-bond acceptors (Lipinski definition) is 2. The van der Waals surface area contributed by atoms with Crippen molar-refractivity contribution in [2.75, 3.05) is 13.7 Å². The van der Waals surface area contributed by atoms with Crippen LogP contribution in [0.4, 0.5) is 0 Å². The van der Waals surface area contributed by atoms with Crippen LogP contribution in [0.5, 0.6) is 0 Å². The van der Waals surface area contributed by atoms with Crippen molar-refractivity contribution in [1.82, 2.24) is 5.32 Å². The Morgan fingerprint density at radius 1 is 1.44 bits per heavy atom. The van der Waals surface area contributed by atoms with Crippen LogP contribution in [0.25, 0.3) is 0 Å². The van der Waals surface area contributed by atoms with Gasteiger partial charge >= 0.3 is 0 Å². The van der Waals surface area contributed by atoms with Crippen LogP contribution in [0, 0.1) is 18.3 Å². The standard InChI is InChI=1S/C16H29NO/c1-5-7-8-9-15(17-4)16(18-6-2)12-10-14(3)11-13-16/h1,14-15,17H,6-13H2,2-4H3. The highest BCUT2D eigenvalue weighted by Crippen LogP contribution is 2.38. The van der Waals surface area contributed by atoms with Crippen molar-refractivity contribution in [2.24, 2.45) is 5.92 Å². The van der Waals surface area contributed by atoms with Gasteiger partial charge in [-0.2, -0.15) is 0 Å². The zero-order valence-corrected chi connectivity index (χ0v) is 12.3. The van der Waals surface area contributed by atoms with E-state index < -0.39 is 0 Å². The molecule has 1 atom stereocenters. The molecule has 0 radical (unpaired) electrons. The SMILES string of the molecule is C#CCCCC(NC)C1(OCC)CCC(C)CC1. The van der Waals surface area contributed by atoms with Crippen LogP contribution in [-0.2, 0) is 4.74 Å². The van der Waals surface area contributed by atoms with Gasteiger partial charge in [0.1, 0.15) is 0 Å². The summed E-state index contributed by atoms with van der Waals surface area (Å²) >= 11 is 0. The maximum Gasteiger partial charge on any atom is 0.0834 e. The lowest BCUT2D eigenvalue weighted by Crippen LogP contribution is -2.53. The van der Waals surface area contributed by atoms with E-state index in [-0.39, 0.29) is 5.60 Å². The predicted molar refractivity (Wildman–Crippen MR) is 77.5 cm³/mol. The van der Waals surface area contributed by atoms with Crippen LogP contribution in [0.15, 0.2) is 0 Å². The van der Waals surface area contributed by atoms with E-state index in [1.54, 1.807) is 0 Å². The third-order valence-corrected chi connectivity index (χ3v) is 4.35. The van der Waals surface area contributed by atoms with Crippen molar-refractivity contribution in [3.8, 4) is 12.3 Å². The quantitative estimate of drug-likeness (QED) is 0.553. The van der Waals surface area contributed by atoms with Gasteiger partial charge in [-0.15, -0.1) is 12.3 Å². The molecule has 0 aromatic heterocycles. The average molecular weight is 251 g/mol. The molecule has 0 aromatic rings. The van der Waals surface area contributed by atoms with Gasteiger partial charge in [0.25, 0.3) is 0 Å². The Kier molecular flexibility index (Phi) is 6.75. The van der Waals surface area contributed by atoms with Gasteiger partial charge in [0.15, 0.2) is 0 Å². The number of rotatable bonds is 7. The molecule has 1 aliphatic rings. The molecule has 2 nitrogen and oxygen atoms in total. The molecule has 1 fully saturated rings. The van der Waals surface area contributed by atoms with Gasteiger partial charge in [-0.25, -0.2) is 0 Å². The summed E-state index contributed by atoms with van der Waals surface area (Å²) in [7, 11) is 2.05. The van der Waals surface area contributed by atoms with E-state index in [1.807, 2.05) is 0 Å². The lowest BCUT2D eigenvalue weighted by atomic mass is 9.74. The second kappa shape index (κ2) is 7.81. The van der Waals surface area contributed by atoms with Gasteiger partial charge in [-0.1, -0.05) is 6.92 Å². The minimum Gasteiger partial charge on any atom is -0.374 e. The second-order valence-corrected chi connectivity index (χ2v) is 5.62. The number of nitrogens with one attached hydrogen (secondary N) is 1. The van der Waals surface area contributed by atoms with Crippen LogP contribution in [0.1, 0.15) is 58.8 Å². The van der Waals surface area contributed by atoms with Crippen LogP contribution >= 0.6 is 0 Å². The third-order valence-electron chi connectivity index (χ3n) is 4.35. The van der Waals surface area contributed by atoms with Gasteiger partial charge < -0.3 is 10.1 Å². The van der Waals surface area contributed by atoms with Gasteiger partial charge in [-0.05, 0) is 58.4 Å². The minimum absolute atomic E-state index is 0.0462. The van der Waals surface area contributed by atoms with Gasteiger partial charge in [0, 0.05) is 19.1 Å². The van der Waals surface area contributed by atoms with Gasteiger partial charge in [-0.3, -0.25) is 0 Å². The molecule has 0 heterocycles. The minimum atomic E-state index is 0.0462. The van der Waals surface area contributed by atoms with Crippen LogP contribution in [0.3, 0.4) is 0 Å². The van der Waals surface area contributed by atoms with E-state index in [0.717, 1.165) is 31.8 Å². The predicted octanol–water partition coefficient (Wildman–Crippen LogP) is 3.36. The van der Waals surface area contributed by atoms with E-state index in [1.165, 1.54) is 25.7 Å². The fraction of sp³-hybridized carbons (Fsp3) is 0.875. The molecule has 1 rings (SSSR count). The van der Waals surface area contributed by atoms with Crippen molar-refractivity contribution in [3.05, 3.63) is 0 Å². The first kappa shape index (κ1) is 15.5. The summed E-state index contributed by atoms with van der Waals surface area (Å²) in [6, 6.07) is 0.443. The molecule has 0 amide bonds. The highest BCUT2D eigenvalue weighted by atomic mass is 16.5. The summed E-state index contributed by atoms with van der Waals surface area (Å²) in [6.07, 6.45) is 13.4. The Morgan fingerprint density at radius 2 is 2.11 bits per heavy atom. The smallest absolute Gasteiger partial charge is 0.0834 e. The number of unbranched alkanes of at least 4 members (excludes halogenated alkanes) is 1. The highest BCUT2D eigenvalue weighted by molar-refractivity contribution is 4.97. The Morgan fingerprint density at radius 3 is 2.61 bits per heavy atom. The maximum absolute atomic E-state index is 6.19. The van der Waals surface area contributed by atoms with Crippen LogP contribution < -0.4 is 5.32 Å². The third kappa shape index (κ3) is 4.00. The summed E-state index contributed by atoms with van der Waals surface area (Å²) < 4.78 is 6.19. The van der Waals surface area contributed by atoms with Crippen molar-refractivity contribution in [2.45, 2.75) is 70.4 Å². The molecular weight excluding hydrogens is 222 g/mol. The van der Waals surface area contributed by atoms with Gasteiger partial charge in [0.2, 0.25) is 0 Å². The topological polar surface area (TPSA) is 21.3 Å². The fourth-order valence-corrected chi connectivity index (χ4v) is 3.21. The average Bonchev–Trinajstić information content (AvgIpc) is 2.38. The molecule has 1 saturated carbocycles. The fourth-order valence-electron chi connectivity index (χ4n) is 3.21. The van der Waals surface area contributed by atoms with Crippen molar-refractivity contribution < 1.29 is 4.74 Å². The molecule has 0 aromatic carbocycles. The molecule has 0 spiro atoms. The largest absolute Gasteiger partial charge is 0.374 e. The number of ether oxygens (including phenoxy) is 1. The summed E-state index contributed by atoms with van der Waals surface area (Å²) in [4.78, 5) is 0. The first-order chi connectivity index (χ1) is 8.68. The molecule has 1 aliphatic carbocycles. The molecule has 0 saturated heterocycles. The molecule has 2 heteroatoms. The van der Waals surface area contributed by atoms with E-state index in [4.69, 9.17) is 11.2 Å². The molecule has 0 aliphatic heterocycles. The number of likely N-dealkylation sites (N-methyl/N-ethyl adjacent to an activating group) is 1. The summed E-state index contributed by atoms with van der Waals surface area (Å²) in [6.45, 7) is 5.26. The first-order valence-corrected chi connectivity index (χ1v) is 7.43. The Balaban J connectivity index is 2.65. The molecule has 1 N–H and O–H groups in total. The van der Waals surface area contributed by atoms with Crippen molar-refractivity contribution in [3.63, 3.8) is 0 Å².